The molecule has 1 aromatic heterocycles. The molecule has 8 heteroatoms. The molecule has 0 bridgehead atoms. The summed E-state index contributed by atoms with van der Waals surface area (Å²) in [6, 6.07) is -0.115. The van der Waals surface area contributed by atoms with Crippen molar-refractivity contribution in [3.05, 3.63) is 56.2 Å². The molecular weight excluding hydrogens is 487 g/mol. The third-order valence-corrected chi connectivity index (χ3v) is 7.10. The predicted molar refractivity (Wildman–Crippen MR) is 148 cm³/mol. The maximum absolute atomic E-state index is 13.1. The van der Waals surface area contributed by atoms with E-state index in [0.717, 1.165) is 37.1 Å². The highest BCUT2D eigenvalue weighted by atomic mass is 35.5. The summed E-state index contributed by atoms with van der Waals surface area (Å²) in [4.78, 5) is 19.8. The lowest BCUT2D eigenvalue weighted by molar-refractivity contribution is -0.117. The molecule has 0 fully saturated rings. The van der Waals surface area contributed by atoms with E-state index in [2.05, 4.69) is 48.2 Å². The molecule has 34 heavy (non-hydrogen) atoms. The number of rotatable bonds is 8. The molecule has 0 radical (unpaired) electrons. The van der Waals surface area contributed by atoms with Gasteiger partial charge in [0.05, 0.1) is 28.3 Å². The number of carbonyl (C=O) groups is 1. The zero-order valence-corrected chi connectivity index (χ0v) is 23.7. The molecule has 1 aliphatic carbocycles. The lowest BCUT2D eigenvalue weighted by atomic mass is 9.93. The first kappa shape index (κ1) is 28.6. The van der Waals surface area contributed by atoms with Crippen molar-refractivity contribution in [1.29, 1.82) is 0 Å². The SMILES string of the molecule is CC.CCCC1=C(CCNC)C2=CC=C(Cl)C(Cl)=CC2N1CC(=O)Nc1nc(C(C)(C)C)cs1. The van der Waals surface area contributed by atoms with E-state index in [1.165, 1.54) is 22.6 Å². The summed E-state index contributed by atoms with van der Waals surface area (Å²) in [6.07, 6.45) is 8.63. The molecule has 2 aliphatic rings. The number of nitrogens with zero attached hydrogens (tertiary/aromatic N) is 2. The number of aromatic nitrogens is 1. The molecule has 2 heterocycles. The largest absolute Gasteiger partial charge is 0.355 e. The fraction of sp³-hybridized carbons (Fsp3) is 0.538. The van der Waals surface area contributed by atoms with Crippen molar-refractivity contribution < 1.29 is 4.79 Å². The van der Waals surface area contributed by atoms with Crippen LogP contribution in [0.4, 0.5) is 5.13 Å². The Hall–Kier alpha value is -1.60. The fourth-order valence-electron chi connectivity index (χ4n) is 3.95. The first-order valence-corrected chi connectivity index (χ1v) is 13.6. The number of anilines is 1. The summed E-state index contributed by atoms with van der Waals surface area (Å²) in [5.41, 5.74) is 4.56. The molecule has 188 valence electrons. The van der Waals surface area contributed by atoms with E-state index in [-0.39, 0.29) is 23.9 Å². The van der Waals surface area contributed by atoms with Crippen LogP contribution in [0.15, 0.2) is 50.5 Å². The van der Waals surface area contributed by atoms with Gasteiger partial charge in [0, 0.05) is 16.5 Å². The lowest BCUT2D eigenvalue weighted by Crippen LogP contribution is -2.37. The van der Waals surface area contributed by atoms with Crippen LogP contribution in [0.25, 0.3) is 0 Å². The Labute approximate surface area is 219 Å². The fourth-order valence-corrected chi connectivity index (χ4v) is 5.21. The summed E-state index contributed by atoms with van der Waals surface area (Å²) in [5.74, 6) is -0.0875. The Morgan fingerprint density at radius 2 is 1.88 bits per heavy atom. The number of hydrogen-bond acceptors (Lipinski definition) is 5. The summed E-state index contributed by atoms with van der Waals surface area (Å²) in [6.45, 7) is 13.6. The minimum atomic E-state index is -0.115. The molecule has 1 aromatic rings. The van der Waals surface area contributed by atoms with Crippen molar-refractivity contribution in [2.75, 3.05) is 25.5 Å². The Kier molecular flexibility index (Phi) is 10.9. The normalized spacial score (nSPS) is 17.9. The molecule has 0 saturated carbocycles. The molecule has 3 rings (SSSR count). The van der Waals surface area contributed by atoms with Crippen molar-refractivity contribution in [1.82, 2.24) is 15.2 Å². The highest BCUT2D eigenvalue weighted by Gasteiger charge is 2.36. The van der Waals surface area contributed by atoms with Crippen LogP contribution in [0.2, 0.25) is 0 Å². The Bertz CT molecular complexity index is 985. The standard InChI is InChI=1S/C24H32Cl2N4OS.C2H6/c1-6-7-19-16(10-11-27-5)15-8-9-17(25)18(26)12-20(15)30(19)13-22(31)29-23-28-21(14-32-23)24(2,3)4;1-2/h8-9,12,14,20,27H,6-7,10-11,13H2,1-5H3,(H,28,29,31);1-2H3. The molecule has 0 aromatic carbocycles. The van der Waals surface area contributed by atoms with Crippen LogP contribution in [0, 0.1) is 0 Å². The van der Waals surface area contributed by atoms with E-state index >= 15 is 0 Å². The van der Waals surface area contributed by atoms with Crippen LogP contribution in [-0.2, 0) is 10.2 Å². The number of halogens is 2. The van der Waals surface area contributed by atoms with Gasteiger partial charge >= 0.3 is 0 Å². The van der Waals surface area contributed by atoms with E-state index < -0.39 is 0 Å². The van der Waals surface area contributed by atoms with Crippen molar-refractivity contribution in [2.24, 2.45) is 0 Å². The van der Waals surface area contributed by atoms with E-state index in [1.54, 1.807) is 0 Å². The van der Waals surface area contributed by atoms with Gasteiger partial charge in [0.25, 0.3) is 0 Å². The van der Waals surface area contributed by atoms with Gasteiger partial charge in [-0.15, -0.1) is 11.3 Å². The quantitative estimate of drug-likeness (QED) is 0.386. The minimum Gasteiger partial charge on any atom is -0.355 e. The molecule has 0 spiro atoms. The number of nitrogens with one attached hydrogen (secondary N) is 2. The number of allylic oxidation sites excluding steroid dienone is 5. The zero-order chi connectivity index (χ0) is 25.5. The number of hydrogen-bond donors (Lipinski definition) is 2. The average molecular weight is 526 g/mol. The average Bonchev–Trinajstić information content (AvgIpc) is 3.32. The summed E-state index contributed by atoms with van der Waals surface area (Å²) >= 11 is 14.2. The second-order valence-corrected chi connectivity index (χ2v) is 10.8. The van der Waals surface area contributed by atoms with E-state index in [0.29, 0.717) is 15.2 Å². The molecule has 2 N–H and O–H groups in total. The molecular formula is C26H38Cl2N4OS. The third-order valence-electron chi connectivity index (χ3n) is 5.58. The van der Waals surface area contributed by atoms with Gasteiger partial charge in [-0.1, -0.05) is 77.2 Å². The second kappa shape index (κ2) is 12.9. The van der Waals surface area contributed by atoms with Gasteiger partial charge in [0.15, 0.2) is 5.13 Å². The molecule has 1 atom stereocenters. The summed E-state index contributed by atoms with van der Waals surface area (Å²) in [5, 5.41) is 9.89. The monoisotopic (exact) mass is 524 g/mol. The number of fused-ring (bicyclic) bond motifs is 1. The van der Waals surface area contributed by atoms with Crippen LogP contribution in [-0.4, -0.2) is 42.0 Å². The summed E-state index contributed by atoms with van der Waals surface area (Å²) in [7, 11) is 1.95. The Morgan fingerprint density at radius 1 is 1.18 bits per heavy atom. The first-order valence-electron chi connectivity index (χ1n) is 12.0. The van der Waals surface area contributed by atoms with E-state index in [9.17, 15) is 4.79 Å². The molecule has 1 aliphatic heterocycles. The van der Waals surface area contributed by atoms with Crippen molar-refractivity contribution in [3.8, 4) is 0 Å². The molecule has 0 saturated heterocycles. The topological polar surface area (TPSA) is 57.3 Å². The molecule has 1 unspecified atom stereocenters. The van der Waals surface area contributed by atoms with Crippen molar-refractivity contribution >= 4 is 45.6 Å². The van der Waals surface area contributed by atoms with Gasteiger partial charge in [-0.2, -0.15) is 0 Å². The van der Waals surface area contributed by atoms with Gasteiger partial charge in [-0.05, 0) is 49.7 Å². The van der Waals surface area contributed by atoms with E-state index in [4.69, 9.17) is 23.2 Å². The lowest BCUT2D eigenvalue weighted by Gasteiger charge is -2.28. The van der Waals surface area contributed by atoms with Crippen LogP contribution in [0.1, 0.15) is 66.5 Å². The minimum absolute atomic E-state index is 0.0540. The van der Waals surface area contributed by atoms with Crippen LogP contribution in [0.3, 0.4) is 0 Å². The smallest absolute Gasteiger partial charge is 0.245 e. The number of carbonyl (C=O) groups excluding carboxylic acids is 1. The van der Waals surface area contributed by atoms with Crippen LogP contribution < -0.4 is 10.6 Å². The van der Waals surface area contributed by atoms with Crippen molar-refractivity contribution in [3.63, 3.8) is 0 Å². The number of thiazole rings is 1. The zero-order valence-electron chi connectivity index (χ0n) is 21.4. The van der Waals surface area contributed by atoms with Gasteiger partial charge in [-0.25, -0.2) is 4.98 Å². The Morgan fingerprint density at radius 3 is 2.47 bits per heavy atom. The molecule has 5 nitrogen and oxygen atoms in total. The van der Waals surface area contributed by atoms with Crippen molar-refractivity contribution in [2.45, 2.75) is 72.3 Å². The van der Waals surface area contributed by atoms with Gasteiger partial charge in [0.1, 0.15) is 0 Å². The predicted octanol–water partition coefficient (Wildman–Crippen LogP) is 6.94. The first-order chi connectivity index (χ1) is 16.2. The van der Waals surface area contributed by atoms with Crippen LogP contribution in [0.5, 0.6) is 0 Å². The maximum atomic E-state index is 13.1. The Balaban J connectivity index is 0.00000199. The van der Waals surface area contributed by atoms with Crippen LogP contribution >= 0.6 is 34.5 Å². The second-order valence-electron chi connectivity index (χ2n) is 9.09. The highest BCUT2D eigenvalue weighted by molar-refractivity contribution is 7.13. The molecule has 1 amide bonds. The van der Waals surface area contributed by atoms with Gasteiger partial charge in [-0.3, -0.25) is 4.79 Å². The summed E-state index contributed by atoms with van der Waals surface area (Å²) < 4.78 is 0. The number of amides is 1. The maximum Gasteiger partial charge on any atom is 0.245 e. The highest BCUT2D eigenvalue weighted by Crippen LogP contribution is 2.41. The van der Waals surface area contributed by atoms with E-state index in [1.807, 2.05) is 44.5 Å². The van der Waals surface area contributed by atoms with Gasteiger partial charge in [0.2, 0.25) is 5.91 Å². The third kappa shape index (κ3) is 6.97. The van der Waals surface area contributed by atoms with Gasteiger partial charge < -0.3 is 15.5 Å².